The third kappa shape index (κ3) is 5.92. The Labute approximate surface area is 171 Å². The molecule has 1 N–H and O–H groups in total. The highest BCUT2D eigenvalue weighted by Gasteiger charge is 2.24. The fourth-order valence-corrected chi connectivity index (χ4v) is 3.50. The summed E-state index contributed by atoms with van der Waals surface area (Å²) >= 11 is 0. The minimum absolute atomic E-state index is 0.0998. The summed E-state index contributed by atoms with van der Waals surface area (Å²) in [6.07, 6.45) is 5.97. The maximum Gasteiger partial charge on any atom is 0.262 e. The van der Waals surface area contributed by atoms with Crippen LogP contribution < -0.4 is 10.1 Å². The highest BCUT2D eigenvalue weighted by Crippen LogP contribution is 2.24. The Bertz CT molecular complexity index is 898. The summed E-state index contributed by atoms with van der Waals surface area (Å²) in [6, 6.07) is 15.5. The highest BCUT2D eigenvalue weighted by atomic mass is 19.1. The minimum Gasteiger partial charge on any atom is -0.489 e. The fourth-order valence-electron chi connectivity index (χ4n) is 3.50. The highest BCUT2D eigenvalue weighted by molar-refractivity contribution is 6.01. The van der Waals surface area contributed by atoms with Crippen LogP contribution in [0.5, 0.6) is 5.75 Å². The topological polar surface area (TPSA) is 62.1 Å². The second-order valence-corrected chi connectivity index (χ2v) is 7.50. The molecule has 2 atom stereocenters. The van der Waals surface area contributed by atoms with E-state index in [0.29, 0.717) is 18.3 Å². The van der Waals surface area contributed by atoms with Crippen LogP contribution in [0.4, 0.5) is 4.39 Å². The number of ether oxygens (including phenoxy) is 1. The first-order chi connectivity index (χ1) is 14.0. The van der Waals surface area contributed by atoms with E-state index < -0.39 is 0 Å². The molecule has 150 valence electrons. The minimum atomic E-state index is -0.317. The molecule has 0 heterocycles. The third-order valence-corrected chi connectivity index (χ3v) is 5.30. The van der Waals surface area contributed by atoms with Crippen molar-refractivity contribution in [3.05, 3.63) is 71.0 Å². The molecule has 1 saturated carbocycles. The van der Waals surface area contributed by atoms with Gasteiger partial charge in [0.15, 0.2) is 0 Å². The first-order valence-corrected chi connectivity index (χ1v) is 9.95. The van der Waals surface area contributed by atoms with Crippen molar-refractivity contribution in [2.45, 2.75) is 45.3 Å². The van der Waals surface area contributed by atoms with Crippen LogP contribution in [0.1, 0.15) is 43.7 Å². The van der Waals surface area contributed by atoms with Crippen molar-refractivity contribution >= 4 is 12.0 Å². The zero-order valence-electron chi connectivity index (χ0n) is 16.5. The molecule has 1 aliphatic rings. The summed E-state index contributed by atoms with van der Waals surface area (Å²) in [5.74, 6) is 0.499. The number of nitriles is 1. The SMILES string of the molecule is C[C@H]1CCCC[C@H]1NC(=O)/C(C#N)=C/c1ccc(OCc2ccc(F)cc2)cc1. The molecule has 5 heteroatoms. The van der Waals surface area contributed by atoms with Crippen LogP contribution >= 0.6 is 0 Å². The second-order valence-electron chi connectivity index (χ2n) is 7.50. The van der Waals surface area contributed by atoms with Crippen molar-refractivity contribution < 1.29 is 13.9 Å². The first-order valence-electron chi connectivity index (χ1n) is 9.95. The first kappa shape index (κ1) is 20.6. The average molecular weight is 392 g/mol. The molecule has 2 aromatic rings. The standard InChI is InChI=1S/C24H25FN2O2/c1-17-4-2-3-5-23(17)27-24(28)20(15-26)14-18-8-12-22(13-9-18)29-16-19-6-10-21(25)11-7-19/h6-14,17,23H,2-5,16H2,1H3,(H,27,28)/b20-14+/t17-,23+/m0/s1. The van der Waals surface area contributed by atoms with Crippen molar-refractivity contribution in [1.29, 1.82) is 5.26 Å². The van der Waals surface area contributed by atoms with Crippen LogP contribution in [0, 0.1) is 23.1 Å². The number of halogens is 1. The number of nitrogens with one attached hydrogen (secondary N) is 1. The van der Waals surface area contributed by atoms with Gasteiger partial charge in [0.2, 0.25) is 0 Å². The Morgan fingerprint density at radius 2 is 1.86 bits per heavy atom. The molecular formula is C24H25FN2O2. The van der Waals surface area contributed by atoms with Crippen LogP contribution in [0.25, 0.3) is 6.08 Å². The smallest absolute Gasteiger partial charge is 0.262 e. The van der Waals surface area contributed by atoms with Crippen LogP contribution in [0.15, 0.2) is 54.1 Å². The number of amides is 1. The molecule has 1 fully saturated rings. The molecule has 2 aromatic carbocycles. The Kier molecular flexibility index (Phi) is 7.02. The van der Waals surface area contributed by atoms with Crippen LogP contribution in [-0.2, 0) is 11.4 Å². The summed E-state index contributed by atoms with van der Waals surface area (Å²) in [6.45, 7) is 2.48. The molecule has 3 rings (SSSR count). The summed E-state index contributed by atoms with van der Waals surface area (Å²) < 4.78 is 18.6. The van der Waals surface area contributed by atoms with Gasteiger partial charge in [-0.15, -0.1) is 0 Å². The zero-order chi connectivity index (χ0) is 20.6. The van der Waals surface area contributed by atoms with Crippen LogP contribution in [-0.4, -0.2) is 11.9 Å². The molecule has 0 spiro atoms. The summed E-state index contributed by atoms with van der Waals surface area (Å²) in [5.41, 5.74) is 1.72. The maximum atomic E-state index is 12.9. The van der Waals surface area contributed by atoms with Gasteiger partial charge in [0, 0.05) is 6.04 Å². The lowest BCUT2D eigenvalue weighted by molar-refractivity contribution is -0.118. The van der Waals surface area contributed by atoms with Crippen LogP contribution in [0.2, 0.25) is 0 Å². The predicted molar refractivity (Wildman–Crippen MR) is 110 cm³/mol. The number of rotatable bonds is 6. The molecular weight excluding hydrogens is 367 g/mol. The molecule has 0 bridgehead atoms. The van der Waals surface area contributed by atoms with Gasteiger partial charge in [-0.3, -0.25) is 4.79 Å². The average Bonchev–Trinajstić information content (AvgIpc) is 2.74. The van der Waals surface area contributed by atoms with Crippen molar-refractivity contribution in [1.82, 2.24) is 5.32 Å². The van der Waals surface area contributed by atoms with Gasteiger partial charge in [-0.25, -0.2) is 4.39 Å². The monoisotopic (exact) mass is 392 g/mol. The van der Waals surface area contributed by atoms with E-state index in [1.807, 2.05) is 6.07 Å². The predicted octanol–water partition coefficient (Wildman–Crippen LogP) is 5.01. The summed E-state index contributed by atoms with van der Waals surface area (Å²) in [5, 5.41) is 12.4. The number of hydrogen-bond acceptors (Lipinski definition) is 3. The van der Waals surface area contributed by atoms with Gasteiger partial charge in [-0.1, -0.05) is 44.0 Å². The Morgan fingerprint density at radius 1 is 1.17 bits per heavy atom. The van der Waals surface area contributed by atoms with Gasteiger partial charge in [0.1, 0.15) is 29.8 Å². The van der Waals surface area contributed by atoms with Gasteiger partial charge >= 0.3 is 0 Å². The van der Waals surface area contributed by atoms with E-state index in [1.165, 1.54) is 18.6 Å². The van der Waals surface area contributed by atoms with Gasteiger partial charge in [-0.2, -0.15) is 5.26 Å². The van der Waals surface area contributed by atoms with Gasteiger partial charge in [0.25, 0.3) is 5.91 Å². The largest absolute Gasteiger partial charge is 0.489 e. The van der Waals surface area contributed by atoms with Crippen molar-refractivity contribution in [2.75, 3.05) is 0 Å². The van der Waals surface area contributed by atoms with Gasteiger partial charge in [0.05, 0.1) is 0 Å². The molecule has 29 heavy (non-hydrogen) atoms. The normalized spacial score (nSPS) is 19.3. The number of nitrogens with zero attached hydrogens (tertiary/aromatic N) is 1. The van der Waals surface area contributed by atoms with Gasteiger partial charge in [-0.05, 0) is 60.2 Å². The molecule has 0 unspecified atom stereocenters. The number of carbonyl (C=O) groups is 1. The molecule has 4 nitrogen and oxygen atoms in total. The van der Waals surface area contributed by atoms with E-state index in [0.717, 1.165) is 30.4 Å². The van der Waals surface area contributed by atoms with E-state index in [-0.39, 0.29) is 23.3 Å². The van der Waals surface area contributed by atoms with Crippen molar-refractivity contribution in [2.24, 2.45) is 5.92 Å². The quantitative estimate of drug-likeness (QED) is 0.555. The van der Waals surface area contributed by atoms with E-state index in [4.69, 9.17) is 4.74 Å². The molecule has 1 aliphatic carbocycles. The molecule has 1 amide bonds. The molecule has 0 saturated heterocycles. The fraction of sp³-hybridized carbons (Fsp3) is 0.333. The van der Waals surface area contributed by atoms with E-state index in [9.17, 15) is 14.4 Å². The zero-order valence-corrected chi connectivity index (χ0v) is 16.5. The number of carbonyl (C=O) groups excluding carboxylic acids is 1. The molecule has 0 aromatic heterocycles. The summed E-state index contributed by atoms with van der Waals surface area (Å²) in [7, 11) is 0. The number of benzene rings is 2. The molecule has 0 aliphatic heterocycles. The second kappa shape index (κ2) is 9.88. The van der Waals surface area contributed by atoms with E-state index in [2.05, 4.69) is 12.2 Å². The van der Waals surface area contributed by atoms with Crippen molar-refractivity contribution in [3.8, 4) is 11.8 Å². The maximum absolute atomic E-state index is 12.9. The Hall–Kier alpha value is -3.13. The Balaban J connectivity index is 1.59. The van der Waals surface area contributed by atoms with E-state index in [1.54, 1.807) is 42.5 Å². The number of hydrogen-bond donors (Lipinski definition) is 1. The third-order valence-electron chi connectivity index (χ3n) is 5.30. The molecule has 0 radical (unpaired) electrons. The van der Waals surface area contributed by atoms with Crippen molar-refractivity contribution in [3.63, 3.8) is 0 Å². The van der Waals surface area contributed by atoms with E-state index >= 15 is 0 Å². The summed E-state index contributed by atoms with van der Waals surface area (Å²) in [4.78, 5) is 12.5. The van der Waals surface area contributed by atoms with Gasteiger partial charge < -0.3 is 10.1 Å². The lowest BCUT2D eigenvalue weighted by Crippen LogP contribution is -2.41. The Morgan fingerprint density at radius 3 is 2.52 bits per heavy atom. The van der Waals surface area contributed by atoms with Crippen LogP contribution in [0.3, 0.4) is 0 Å². The lowest BCUT2D eigenvalue weighted by atomic mass is 9.86. The lowest BCUT2D eigenvalue weighted by Gasteiger charge is -2.29.